The summed E-state index contributed by atoms with van der Waals surface area (Å²) >= 11 is 6.06. The number of nitrogens with two attached hydrogens (primary N) is 1. The first-order chi connectivity index (χ1) is 8.20. The molecule has 2 N–H and O–H groups in total. The van der Waals surface area contributed by atoms with Gasteiger partial charge in [-0.2, -0.15) is 0 Å². The van der Waals surface area contributed by atoms with Crippen LogP contribution in [0.1, 0.15) is 18.1 Å². The van der Waals surface area contributed by atoms with E-state index in [1.54, 1.807) is 6.21 Å². The first-order valence-corrected chi connectivity index (χ1v) is 5.83. The van der Waals surface area contributed by atoms with E-state index in [9.17, 15) is 0 Å². The summed E-state index contributed by atoms with van der Waals surface area (Å²) in [6.45, 7) is 2.42. The Morgan fingerprint density at radius 3 is 2.88 bits per heavy atom. The van der Waals surface area contributed by atoms with Crippen LogP contribution in [0, 0.1) is 11.8 Å². The number of allylic oxidation sites excluding steroid dienone is 1. The van der Waals surface area contributed by atoms with Crippen LogP contribution in [0.3, 0.4) is 0 Å². The maximum Gasteiger partial charge on any atom is 0.0667 e. The lowest BCUT2D eigenvalue weighted by molar-refractivity contribution is 0.949. The van der Waals surface area contributed by atoms with E-state index in [-0.39, 0.29) is 6.04 Å². The molecule has 17 heavy (non-hydrogen) atoms. The number of nitrogens with zero attached hydrogens (tertiary/aromatic N) is 1. The summed E-state index contributed by atoms with van der Waals surface area (Å²) in [6, 6.07) is 5.86. The molecule has 3 heteroatoms. The second-order valence-electron chi connectivity index (χ2n) is 3.86. The zero-order chi connectivity index (χ0) is 12.3. The summed E-state index contributed by atoms with van der Waals surface area (Å²) in [6.07, 6.45) is 3.82. The van der Waals surface area contributed by atoms with E-state index in [2.05, 4.69) is 16.8 Å². The van der Waals surface area contributed by atoms with Crippen LogP contribution in [0.15, 0.2) is 34.8 Å². The van der Waals surface area contributed by atoms with Gasteiger partial charge in [0.15, 0.2) is 0 Å². The number of rotatable bonds is 1. The Labute approximate surface area is 106 Å². The Morgan fingerprint density at radius 2 is 2.24 bits per heavy atom. The van der Waals surface area contributed by atoms with Crippen LogP contribution in [0.4, 0.5) is 0 Å². The summed E-state index contributed by atoms with van der Waals surface area (Å²) in [5, 5.41) is 0.668. The molecule has 0 aromatic heterocycles. The van der Waals surface area contributed by atoms with Crippen molar-refractivity contribution >= 4 is 17.8 Å². The van der Waals surface area contributed by atoms with Crippen molar-refractivity contribution < 1.29 is 0 Å². The van der Waals surface area contributed by atoms with Crippen LogP contribution in [-0.2, 0) is 6.54 Å². The van der Waals surface area contributed by atoms with E-state index in [0.717, 1.165) is 16.7 Å². The summed E-state index contributed by atoms with van der Waals surface area (Å²) in [7, 11) is 0. The van der Waals surface area contributed by atoms with Crippen LogP contribution < -0.4 is 5.73 Å². The fraction of sp³-hybridized carbons (Fsp3) is 0.214. The van der Waals surface area contributed by atoms with Gasteiger partial charge in [0.1, 0.15) is 0 Å². The number of halogens is 1. The molecule has 0 fully saturated rings. The van der Waals surface area contributed by atoms with Crippen molar-refractivity contribution in [3.8, 4) is 11.8 Å². The summed E-state index contributed by atoms with van der Waals surface area (Å²) in [5.41, 5.74) is 8.39. The van der Waals surface area contributed by atoms with Crippen molar-refractivity contribution in [1.29, 1.82) is 0 Å². The Morgan fingerprint density at radius 1 is 1.41 bits per heavy atom. The average Bonchev–Trinajstić information content (AvgIpc) is 2.72. The van der Waals surface area contributed by atoms with Gasteiger partial charge in [0.2, 0.25) is 0 Å². The first-order valence-electron chi connectivity index (χ1n) is 5.45. The molecule has 0 bridgehead atoms. The predicted molar refractivity (Wildman–Crippen MR) is 72.3 cm³/mol. The van der Waals surface area contributed by atoms with Gasteiger partial charge in [-0.25, -0.2) is 0 Å². The Kier molecular flexibility index (Phi) is 3.63. The van der Waals surface area contributed by atoms with Crippen molar-refractivity contribution in [2.24, 2.45) is 10.7 Å². The molecule has 1 aliphatic heterocycles. The molecular formula is C14H13ClN2. The van der Waals surface area contributed by atoms with Gasteiger partial charge in [-0.05, 0) is 30.7 Å². The molecule has 1 atom stereocenters. The van der Waals surface area contributed by atoms with Gasteiger partial charge in [0, 0.05) is 28.9 Å². The molecule has 1 aromatic rings. The molecule has 0 unspecified atom stereocenters. The van der Waals surface area contributed by atoms with Crippen LogP contribution in [0.25, 0.3) is 0 Å². The molecule has 1 aliphatic rings. The van der Waals surface area contributed by atoms with Crippen molar-refractivity contribution in [3.05, 3.63) is 46.0 Å². The van der Waals surface area contributed by atoms with E-state index < -0.39 is 0 Å². The normalized spacial score (nSPS) is 17.6. The molecule has 0 radical (unpaired) electrons. The quantitative estimate of drug-likeness (QED) is 0.758. The largest absolute Gasteiger partial charge is 0.326 e. The molecule has 1 heterocycles. The minimum Gasteiger partial charge on any atom is -0.326 e. The minimum atomic E-state index is 0.229. The number of aliphatic imine (C=N–C) groups is 1. The summed E-state index contributed by atoms with van der Waals surface area (Å²) in [5.74, 6) is 6.17. The molecular weight excluding hydrogens is 232 g/mol. The lowest BCUT2D eigenvalue weighted by atomic mass is 10.1. The highest BCUT2D eigenvalue weighted by atomic mass is 35.5. The van der Waals surface area contributed by atoms with E-state index in [1.807, 2.05) is 31.2 Å². The SMILES string of the molecule is C[C@@H]1C=C(C#Cc2cccc(Cl)c2CN)C=N1. The molecule has 0 aliphatic carbocycles. The van der Waals surface area contributed by atoms with Gasteiger partial charge in [0.05, 0.1) is 6.04 Å². The van der Waals surface area contributed by atoms with Gasteiger partial charge in [-0.1, -0.05) is 29.5 Å². The van der Waals surface area contributed by atoms with Gasteiger partial charge in [0.25, 0.3) is 0 Å². The molecule has 0 spiro atoms. The number of benzene rings is 1. The summed E-state index contributed by atoms with van der Waals surface area (Å²) < 4.78 is 0. The third-order valence-electron chi connectivity index (χ3n) is 2.53. The highest BCUT2D eigenvalue weighted by Crippen LogP contribution is 2.18. The van der Waals surface area contributed by atoms with E-state index >= 15 is 0 Å². The van der Waals surface area contributed by atoms with E-state index in [0.29, 0.717) is 11.6 Å². The summed E-state index contributed by atoms with van der Waals surface area (Å²) in [4.78, 5) is 4.22. The Balaban J connectivity index is 2.31. The second-order valence-corrected chi connectivity index (χ2v) is 4.27. The molecule has 2 rings (SSSR count). The molecule has 0 saturated carbocycles. The van der Waals surface area contributed by atoms with Crippen molar-refractivity contribution in [3.63, 3.8) is 0 Å². The fourth-order valence-electron chi connectivity index (χ4n) is 1.64. The average molecular weight is 245 g/mol. The molecule has 86 valence electrons. The zero-order valence-corrected chi connectivity index (χ0v) is 10.3. The minimum absolute atomic E-state index is 0.229. The standard InChI is InChI=1S/C14H13ClN2/c1-10-7-11(9-17-10)5-6-12-3-2-4-14(15)13(12)8-16/h2-4,7,9-10H,8,16H2,1H3/t10-/m1/s1. The van der Waals surface area contributed by atoms with Crippen LogP contribution in [0.5, 0.6) is 0 Å². The lowest BCUT2D eigenvalue weighted by Crippen LogP contribution is -2.00. The number of hydrogen-bond acceptors (Lipinski definition) is 2. The Hall–Kier alpha value is -1.56. The highest BCUT2D eigenvalue weighted by molar-refractivity contribution is 6.31. The van der Waals surface area contributed by atoms with Crippen molar-refractivity contribution in [2.45, 2.75) is 19.5 Å². The van der Waals surface area contributed by atoms with Gasteiger partial charge < -0.3 is 5.73 Å². The highest BCUT2D eigenvalue weighted by Gasteiger charge is 2.04. The van der Waals surface area contributed by atoms with E-state index in [1.165, 1.54) is 0 Å². The van der Waals surface area contributed by atoms with Gasteiger partial charge in [-0.15, -0.1) is 0 Å². The fourth-order valence-corrected chi connectivity index (χ4v) is 1.89. The maximum atomic E-state index is 6.06. The Bertz CT molecular complexity index is 547. The van der Waals surface area contributed by atoms with Gasteiger partial charge in [-0.3, -0.25) is 4.99 Å². The van der Waals surface area contributed by atoms with Crippen molar-refractivity contribution in [2.75, 3.05) is 0 Å². The maximum absolute atomic E-state index is 6.06. The predicted octanol–water partition coefficient (Wildman–Crippen LogP) is 2.55. The molecule has 0 amide bonds. The lowest BCUT2D eigenvalue weighted by Gasteiger charge is -2.02. The van der Waals surface area contributed by atoms with Crippen molar-refractivity contribution in [1.82, 2.24) is 0 Å². The van der Waals surface area contributed by atoms with Crippen LogP contribution in [-0.4, -0.2) is 12.3 Å². The second kappa shape index (κ2) is 5.18. The molecule has 0 saturated heterocycles. The topological polar surface area (TPSA) is 38.4 Å². The molecule has 2 nitrogen and oxygen atoms in total. The third kappa shape index (κ3) is 2.76. The zero-order valence-electron chi connectivity index (χ0n) is 9.57. The van der Waals surface area contributed by atoms with Crippen LogP contribution in [0.2, 0.25) is 5.02 Å². The number of hydrogen-bond donors (Lipinski definition) is 1. The third-order valence-corrected chi connectivity index (χ3v) is 2.89. The smallest absolute Gasteiger partial charge is 0.0667 e. The molecule has 1 aromatic carbocycles. The van der Waals surface area contributed by atoms with Gasteiger partial charge >= 0.3 is 0 Å². The van der Waals surface area contributed by atoms with Crippen LogP contribution >= 0.6 is 11.6 Å². The first kappa shape index (κ1) is 11.9. The van der Waals surface area contributed by atoms with E-state index in [4.69, 9.17) is 17.3 Å². The monoisotopic (exact) mass is 244 g/mol.